The monoisotopic (exact) mass is 466 g/mol. The molecule has 3 aromatic rings. The van der Waals surface area contributed by atoms with E-state index >= 15 is 0 Å². The minimum Gasteiger partial charge on any atom is -0.343 e. The van der Waals surface area contributed by atoms with Crippen molar-refractivity contribution in [2.45, 2.75) is 17.1 Å². The van der Waals surface area contributed by atoms with Crippen LogP contribution in [-0.2, 0) is 9.84 Å². The van der Waals surface area contributed by atoms with Crippen LogP contribution >= 0.6 is 0 Å². The highest BCUT2D eigenvalue weighted by atomic mass is 32.2. The number of aryl methyl sites for hydroxylation is 1. The summed E-state index contributed by atoms with van der Waals surface area (Å²) in [6.45, 7) is 1.44. The molecule has 10 heteroatoms. The molecule has 0 N–H and O–H groups in total. The maximum atomic E-state index is 14.7. The number of carbonyl (C=O) groups is 1. The first kappa shape index (κ1) is 23.4. The molecule has 0 saturated carbocycles. The van der Waals surface area contributed by atoms with Crippen LogP contribution in [0.25, 0.3) is 0 Å². The van der Waals surface area contributed by atoms with E-state index in [0.717, 1.165) is 30.5 Å². The molecule has 0 radical (unpaired) electrons. The lowest BCUT2D eigenvalue weighted by Gasteiger charge is -2.22. The average Bonchev–Trinajstić information content (AvgIpc) is 2.74. The fourth-order valence-electron chi connectivity index (χ4n) is 3.21. The Bertz CT molecular complexity index is 1290. The largest absolute Gasteiger partial charge is 0.343 e. The normalized spacial score (nSPS) is 12.5. The minimum atomic E-state index is -4.61. The minimum absolute atomic E-state index is 0.0191. The van der Waals surface area contributed by atoms with Crippen molar-refractivity contribution in [1.29, 1.82) is 0 Å². The van der Waals surface area contributed by atoms with Crippen LogP contribution in [0.1, 0.15) is 32.4 Å². The molecule has 1 amide bonds. The van der Waals surface area contributed by atoms with E-state index in [9.17, 15) is 30.8 Å². The molecule has 0 bridgehead atoms. The molecule has 1 aromatic heterocycles. The molecule has 1 unspecified atom stereocenters. The summed E-state index contributed by atoms with van der Waals surface area (Å²) in [5.41, 5.74) is -1.03. The highest BCUT2D eigenvalue weighted by Gasteiger charge is 2.37. The van der Waals surface area contributed by atoms with Crippen molar-refractivity contribution in [3.05, 3.63) is 94.3 Å². The average molecular weight is 466 g/mol. The van der Waals surface area contributed by atoms with Crippen LogP contribution in [0, 0.1) is 30.2 Å². The van der Waals surface area contributed by atoms with Gasteiger partial charge in [-0.3, -0.25) is 9.78 Å². The smallest absolute Gasteiger partial charge is 0.271 e. The summed E-state index contributed by atoms with van der Waals surface area (Å²) < 4.78 is 83.7. The second-order valence-electron chi connectivity index (χ2n) is 7.26. The zero-order valence-electron chi connectivity index (χ0n) is 17.2. The molecule has 5 nitrogen and oxygen atoms in total. The van der Waals surface area contributed by atoms with Gasteiger partial charge in [0.2, 0.25) is 0 Å². The highest BCUT2D eigenvalue weighted by molar-refractivity contribution is 7.92. The van der Waals surface area contributed by atoms with Gasteiger partial charge >= 0.3 is 0 Å². The molecule has 0 aliphatic heterocycles. The third kappa shape index (κ3) is 4.22. The molecule has 168 valence electrons. The molecule has 1 heterocycles. The van der Waals surface area contributed by atoms with Crippen LogP contribution in [0.15, 0.2) is 53.6 Å². The number of rotatable bonds is 5. The van der Waals surface area contributed by atoms with Crippen LogP contribution in [0.3, 0.4) is 0 Å². The Morgan fingerprint density at radius 2 is 1.56 bits per heavy atom. The Balaban J connectivity index is 2.31. The molecule has 0 saturated heterocycles. The maximum absolute atomic E-state index is 14.7. The summed E-state index contributed by atoms with van der Waals surface area (Å²) in [4.78, 5) is 17.0. The lowest BCUT2D eigenvalue weighted by atomic mass is 10.00. The number of sulfone groups is 1. The van der Waals surface area contributed by atoms with E-state index < -0.39 is 54.7 Å². The van der Waals surface area contributed by atoms with E-state index in [2.05, 4.69) is 4.98 Å². The quantitative estimate of drug-likeness (QED) is 0.321. The van der Waals surface area contributed by atoms with Gasteiger partial charge in [-0.2, -0.15) is 0 Å². The first-order chi connectivity index (χ1) is 14.9. The first-order valence-corrected chi connectivity index (χ1v) is 10.8. The van der Waals surface area contributed by atoms with Crippen LogP contribution in [-0.4, -0.2) is 38.3 Å². The third-order valence-corrected chi connectivity index (χ3v) is 6.89. The van der Waals surface area contributed by atoms with Gasteiger partial charge in [0.15, 0.2) is 21.5 Å². The highest BCUT2D eigenvalue weighted by Crippen LogP contribution is 2.39. The number of halogens is 4. The van der Waals surface area contributed by atoms with E-state index in [0.29, 0.717) is 12.1 Å². The summed E-state index contributed by atoms with van der Waals surface area (Å²) in [6, 6.07) is 6.09. The molecule has 32 heavy (non-hydrogen) atoms. The standard InChI is InChI=1S/C22H18F4N2O3S/c1-12-10-18(22(29)28(2)3)27-11-15(12)21(19-16(24)8-9-17(25)20(19)26)32(30,31)14-6-4-13(23)5-7-14/h4-11,21H,1-3H3. The molecule has 1 atom stereocenters. The molecule has 0 spiro atoms. The van der Waals surface area contributed by atoms with Gasteiger partial charge in [-0.1, -0.05) is 0 Å². The van der Waals surface area contributed by atoms with Crippen LogP contribution in [0.2, 0.25) is 0 Å². The number of benzene rings is 2. The van der Waals surface area contributed by atoms with Gasteiger partial charge in [-0.15, -0.1) is 0 Å². The molecule has 2 aromatic carbocycles. The lowest BCUT2D eigenvalue weighted by molar-refractivity contribution is 0.0822. The van der Waals surface area contributed by atoms with Gasteiger partial charge < -0.3 is 4.90 Å². The number of amides is 1. The molecule has 0 fully saturated rings. The molecular formula is C22H18F4N2O3S. The summed E-state index contributed by atoms with van der Waals surface area (Å²) >= 11 is 0. The Hall–Kier alpha value is -3.27. The van der Waals surface area contributed by atoms with E-state index in [1.165, 1.54) is 32.0 Å². The Morgan fingerprint density at radius 1 is 0.969 bits per heavy atom. The Kier molecular flexibility index (Phi) is 6.36. The second kappa shape index (κ2) is 8.70. The fourth-order valence-corrected chi connectivity index (χ4v) is 5.10. The molecule has 0 aliphatic rings. The van der Waals surface area contributed by atoms with Crippen molar-refractivity contribution in [3.8, 4) is 0 Å². The topological polar surface area (TPSA) is 67.3 Å². The van der Waals surface area contributed by atoms with Gasteiger partial charge in [-0.25, -0.2) is 26.0 Å². The number of hydrogen-bond donors (Lipinski definition) is 0. The van der Waals surface area contributed by atoms with Gasteiger partial charge in [0.1, 0.15) is 22.6 Å². The molecular weight excluding hydrogens is 448 g/mol. The summed E-state index contributed by atoms with van der Waals surface area (Å²) in [7, 11) is -1.62. The van der Waals surface area contributed by atoms with Crippen molar-refractivity contribution < 1.29 is 30.8 Å². The number of carbonyl (C=O) groups excluding carboxylic acids is 1. The Morgan fingerprint density at radius 3 is 2.12 bits per heavy atom. The predicted octanol–water partition coefficient (Wildman–Crippen LogP) is 4.21. The van der Waals surface area contributed by atoms with E-state index in [1.54, 1.807) is 0 Å². The van der Waals surface area contributed by atoms with Gasteiger partial charge in [-0.05, 0) is 60.5 Å². The first-order valence-electron chi connectivity index (χ1n) is 9.26. The lowest BCUT2D eigenvalue weighted by Crippen LogP contribution is -2.24. The fraction of sp³-hybridized carbons (Fsp3) is 0.182. The second-order valence-corrected chi connectivity index (χ2v) is 9.29. The Labute approximate surface area is 182 Å². The SMILES string of the molecule is Cc1cc(C(=O)N(C)C)ncc1C(c1c(F)ccc(F)c1F)S(=O)(=O)c1ccc(F)cc1. The van der Waals surface area contributed by atoms with Gasteiger partial charge in [0.05, 0.1) is 4.90 Å². The summed E-state index contributed by atoms with van der Waals surface area (Å²) in [6.07, 6.45) is 1.02. The van der Waals surface area contributed by atoms with Crippen molar-refractivity contribution in [3.63, 3.8) is 0 Å². The maximum Gasteiger partial charge on any atom is 0.271 e. The van der Waals surface area contributed by atoms with Gasteiger partial charge in [0, 0.05) is 25.9 Å². The van der Waals surface area contributed by atoms with Gasteiger partial charge in [0.25, 0.3) is 5.91 Å². The molecule has 3 rings (SSSR count). The van der Waals surface area contributed by atoms with E-state index in [1.807, 2.05) is 0 Å². The zero-order valence-corrected chi connectivity index (χ0v) is 18.1. The summed E-state index contributed by atoms with van der Waals surface area (Å²) in [5, 5.41) is -2.04. The third-order valence-electron chi connectivity index (χ3n) is 4.85. The van der Waals surface area contributed by atoms with Crippen molar-refractivity contribution >= 4 is 15.7 Å². The number of hydrogen-bond acceptors (Lipinski definition) is 4. The summed E-state index contributed by atoms with van der Waals surface area (Å²) in [5.74, 6) is -5.58. The van der Waals surface area contributed by atoms with Crippen LogP contribution in [0.4, 0.5) is 17.6 Å². The number of aromatic nitrogens is 1. The number of nitrogens with zero attached hydrogens (tertiary/aromatic N) is 2. The van der Waals surface area contributed by atoms with Crippen LogP contribution < -0.4 is 0 Å². The molecule has 0 aliphatic carbocycles. The van der Waals surface area contributed by atoms with Crippen molar-refractivity contribution in [2.75, 3.05) is 14.1 Å². The van der Waals surface area contributed by atoms with E-state index in [-0.39, 0.29) is 16.8 Å². The predicted molar refractivity (Wildman–Crippen MR) is 109 cm³/mol. The van der Waals surface area contributed by atoms with Crippen LogP contribution in [0.5, 0.6) is 0 Å². The van der Waals surface area contributed by atoms with E-state index in [4.69, 9.17) is 0 Å². The zero-order chi connectivity index (χ0) is 23.8. The van der Waals surface area contributed by atoms with Crippen molar-refractivity contribution in [1.82, 2.24) is 9.88 Å². The van der Waals surface area contributed by atoms with Crippen molar-refractivity contribution in [2.24, 2.45) is 0 Å². The number of pyridine rings is 1.